The molecule has 2 heteroatoms. The number of rotatable bonds is 7. The van der Waals surface area contributed by atoms with Crippen molar-refractivity contribution in [1.29, 1.82) is 0 Å². The SMILES string of the molecule is CCCCCCC1CCC(C2=CC=C(c3cc(F)c(C)c(F)c3)CC2)CC1. The third-order valence-electron chi connectivity index (χ3n) is 6.67. The van der Waals surface area contributed by atoms with Crippen molar-refractivity contribution >= 4 is 5.57 Å². The van der Waals surface area contributed by atoms with Gasteiger partial charge in [0, 0.05) is 5.56 Å². The molecule has 0 spiro atoms. The van der Waals surface area contributed by atoms with Gasteiger partial charge in [-0.15, -0.1) is 0 Å². The Bertz CT molecular complexity index is 667. The molecule has 0 aromatic heterocycles. The van der Waals surface area contributed by atoms with Crippen molar-refractivity contribution in [2.24, 2.45) is 11.8 Å². The summed E-state index contributed by atoms with van der Waals surface area (Å²) < 4.78 is 27.7. The smallest absolute Gasteiger partial charge is 0.129 e. The highest BCUT2D eigenvalue weighted by molar-refractivity contribution is 5.69. The molecule has 1 fully saturated rings. The molecule has 0 radical (unpaired) electrons. The van der Waals surface area contributed by atoms with Crippen LogP contribution in [0, 0.1) is 30.4 Å². The Morgan fingerprint density at radius 3 is 2.19 bits per heavy atom. The lowest BCUT2D eigenvalue weighted by Gasteiger charge is -2.31. The lowest BCUT2D eigenvalue weighted by atomic mass is 9.74. The molecule has 0 amide bonds. The Morgan fingerprint density at radius 1 is 0.889 bits per heavy atom. The minimum absolute atomic E-state index is 0.109. The van der Waals surface area contributed by atoms with Gasteiger partial charge < -0.3 is 0 Å². The van der Waals surface area contributed by atoms with Gasteiger partial charge in [0.1, 0.15) is 11.6 Å². The standard InChI is InChI=1S/C25H34F2/c1-3-4-5-6-7-19-8-10-20(11-9-19)21-12-14-22(15-13-21)23-16-24(26)18(2)25(27)17-23/h12,14,16-17,19-20H,3-11,13,15H2,1-2H3. The van der Waals surface area contributed by atoms with Crippen molar-refractivity contribution < 1.29 is 8.78 Å². The summed E-state index contributed by atoms with van der Waals surface area (Å²) in [7, 11) is 0. The normalized spacial score (nSPS) is 23.1. The van der Waals surface area contributed by atoms with E-state index in [9.17, 15) is 8.78 Å². The van der Waals surface area contributed by atoms with Crippen LogP contribution in [0.5, 0.6) is 0 Å². The van der Waals surface area contributed by atoms with Crippen molar-refractivity contribution in [2.75, 3.05) is 0 Å². The molecule has 0 N–H and O–H groups in total. The van der Waals surface area contributed by atoms with Crippen molar-refractivity contribution in [3.8, 4) is 0 Å². The highest BCUT2D eigenvalue weighted by Gasteiger charge is 2.24. The zero-order valence-corrected chi connectivity index (χ0v) is 17.0. The van der Waals surface area contributed by atoms with E-state index in [1.807, 2.05) is 0 Å². The number of hydrogen-bond donors (Lipinski definition) is 0. The molecular formula is C25H34F2. The maximum absolute atomic E-state index is 13.8. The molecule has 0 bridgehead atoms. The zero-order chi connectivity index (χ0) is 19.2. The molecule has 1 aromatic carbocycles. The summed E-state index contributed by atoms with van der Waals surface area (Å²) in [5.74, 6) is 0.768. The fraction of sp³-hybridized carbons (Fsp3) is 0.600. The predicted molar refractivity (Wildman–Crippen MR) is 111 cm³/mol. The zero-order valence-electron chi connectivity index (χ0n) is 17.0. The topological polar surface area (TPSA) is 0 Å². The van der Waals surface area contributed by atoms with Gasteiger partial charge in [0.2, 0.25) is 0 Å². The summed E-state index contributed by atoms with van der Waals surface area (Å²) in [4.78, 5) is 0. The van der Waals surface area contributed by atoms with E-state index < -0.39 is 11.6 Å². The van der Waals surface area contributed by atoms with E-state index >= 15 is 0 Å². The first-order chi connectivity index (χ1) is 13.1. The number of allylic oxidation sites excluding steroid dienone is 4. The largest absolute Gasteiger partial charge is 0.207 e. The average Bonchev–Trinajstić information content (AvgIpc) is 2.70. The van der Waals surface area contributed by atoms with E-state index in [-0.39, 0.29) is 5.56 Å². The lowest BCUT2D eigenvalue weighted by Crippen LogP contribution is -2.17. The molecule has 2 aliphatic rings. The Labute approximate surface area is 163 Å². The van der Waals surface area contributed by atoms with E-state index in [4.69, 9.17) is 0 Å². The van der Waals surface area contributed by atoms with E-state index in [2.05, 4.69) is 19.1 Å². The second kappa shape index (κ2) is 9.66. The molecule has 0 heterocycles. The summed E-state index contributed by atoms with van der Waals surface area (Å²) in [6.45, 7) is 3.76. The predicted octanol–water partition coefficient (Wildman–Crippen LogP) is 8.15. The fourth-order valence-electron chi connectivity index (χ4n) is 4.75. The Hall–Kier alpha value is -1.44. The summed E-state index contributed by atoms with van der Waals surface area (Å²) in [5, 5.41) is 0. The van der Waals surface area contributed by atoms with Crippen molar-refractivity contribution in [2.45, 2.75) is 84.5 Å². The fourth-order valence-corrected chi connectivity index (χ4v) is 4.75. The van der Waals surface area contributed by atoms with Crippen molar-refractivity contribution in [3.05, 3.63) is 52.6 Å². The number of hydrogen-bond acceptors (Lipinski definition) is 0. The molecular weight excluding hydrogens is 338 g/mol. The maximum atomic E-state index is 13.8. The molecule has 3 rings (SSSR count). The van der Waals surface area contributed by atoms with Gasteiger partial charge in [-0.1, -0.05) is 56.8 Å². The minimum atomic E-state index is -0.446. The molecule has 0 saturated heterocycles. The molecule has 0 unspecified atom stereocenters. The second-order valence-electron chi connectivity index (χ2n) is 8.57. The van der Waals surface area contributed by atoms with E-state index in [0.29, 0.717) is 5.56 Å². The van der Waals surface area contributed by atoms with Crippen LogP contribution in [0.2, 0.25) is 0 Å². The van der Waals surface area contributed by atoms with Crippen molar-refractivity contribution in [1.82, 2.24) is 0 Å². The third-order valence-corrected chi connectivity index (χ3v) is 6.67. The highest BCUT2D eigenvalue weighted by atomic mass is 19.1. The van der Waals surface area contributed by atoms with Gasteiger partial charge >= 0.3 is 0 Å². The average molecular weight is 373 g/mol. The summed E-state index contributed by atoms with van der Waals surface area (Å²) in [6.07, 6.45) is 18.6. The van der Waals surface area contributed by atoms with Gasteiger partial charge in [0.15, 0.2) is 0 Å². The van der Waals surface area contributed by atoms with Gasteiger partial charge in [-0.3, -0.25) is 0 Å². The molecule has 0 aliphatic heterocycles. The van der Waals surface area contributed by atoms with Crippen LogP contribution in [-0.4, -0.2) is 0 Å². The number of benzene rings is 1. The molecule has 148 valence electrons. The molecule has 2 aliphatic carbocycles. The first kappa shape index (κ1) is 20.3. The summed E-state index contributed by atoms with van der Waals surface area (Å²) >= 11 is 0. The van der Waals surface area contributed by atoms with Crippen LogP contribution in [0.15, 0.2) is 29.9 Å². The van der Waals surface area contributed by atoms with Crippen LogP contribution in [-0.2, 0) is 0 Å². The van der Waals surface area contributed by atoms with Crippen LogP contribution in [0.25, 0.3) is 5.57 Å². The van der Waals surface area contributed by atoms with Gasteiger partial charge in [-0.2, -0.15) is 0 Å². The molecule has 1 saturated carbocycles. The summed E-state index contributed by atoms with van der Waals surface area (Å²) in [5.41, 5.74) is 3.41. The maximum Gasteiger partial charge on any atom is 0.129 e. The van der Waals surface area contributed by atoms with Gasteiger partial charge in [-0.25, -0.2) is 8.78 Å². The van der Waals surface area contributed by atoms with Crippen molar-refractivity contribution in [3.63, 3.8) is 0 Å². The third kappa shape index (κ3) is 5.30. The summed E-state index contributed by atoms with van der Waals surface area (Å²) in [6, 6.07) is 2.96. The van der Waals surface area contributed by atoms with Gasteiger partial charge in [0.05, 0.1) is 0 Å². The first-order valence-electron chi connectivity index (χ1n) is 10.9. The molecule has 0 nitrogen and oxygen atoms in total. The minimum Gasteiger partial charge on any atom is -0.207 e. The number of halogens is 2. The molecule has 1 aromatic rings. The van der Waals surface area contributed by atoms with E-state index in [1.165, 1.54) is 76.8 Å². The van der Waals surface area contributed by atoms with Crippen LogP contribution < -0.4 is 0 Å². The monoisotopic (exact) mass is 372 g/mol. The van der Waals surface area contributed by atoms with Crippen LogP contribution in [0.3, 0.4) is 0 Å². The van der Waals surface area contributed by atoms with Crippen LogP contribution in [0.4, 0.5) is 8.78 Å². The number of unbranched alkanes of at least 4 members (excludes halogenated alkanes) is 3. The quantitative estimate of drug-likeness (QED) is 0.424. The van der Waals surface area contributed by atoms with Crippen LogP contribution >= 0.6 is 0 Å². The Morgan fingerprint density at radius 2 is 1.59 bits per heavy atom. The second-order valence-corrected chi connectivity index (χ2v) is 8.57. The Kier molecular flexibility index (Phi) is 7.26. The van der Waals surface area contributed by atoms with E-state index in [1.54, 1.807) is 5.57 Å². The van der Waals surface area contributed by atoms with Gasteiger partial charge in [-0.05, 0) is 80.6 Å². The van der Waals surface area contributed by atoms with E-state index in [0.717, 1.165) is 30.3 Å². The van der Waals surface area contributed by atoms with Crippen LogP contribution in [0.1, 0.15) is 88.7 Å². The lowest BCUT2D eigenvalue weighted by molar-refractivity contribution is 0.278. The molecule has 27 heavy (non-hydrogen) atoms. The Balaban J connectivity index is 1.55. The highest BCUT2D eigenvalue weighted by Crippen LogP contribution is 2.40. The molecule has 0 atom stereocenters. The van der Waals surface area contributed by atoms with Gasteiger partial charge in [0.25, 0.3) is 0 Å². The first-order valence-corrected chi connectivity index (χ1v) is 10.9.